The lowest BCUT2D eigenvalue weighted by molar-refractivity contribution is 0.0821. The van der Waals surface area contributed by atoms with E-state index in [4.69, 9.17) is 21.1 Å². The van der Waals surface area contributed by atoms with Crippen molar-refractivity contribution in [1.29, 1.82) is 0 Å². The summed E-state index contributed by atoms with van der Waals surface area (Å²) >= 11 is 8.51. The molecule has 0 saturated carbocycles. The van der Waals surface area contributed by atoms with E-state index in [1.54, 1.807) is 18.2 Å². The Morgan fingerprint density at radius 2 is 2.14 bits per heavy atom. The van der Waals surface area contributed by atoms with Crippen LogP contribution in [0, 0.1) is 0 Å². The van der Waals surface area contributed by atoms with Gasteiger partial charge in [-0.25, -0.2) is 0 Å². The molecule has 2 aromatic heterocycles. The topological polar surface area (TPSA) is 66.2 Å². The van der Waals surface area contributed by atoms with Crippen LogP contribution in [0.3, 0.4) is 0 Å². The van der Waals surface area contributed by atoms with Crippen molar-refractivity contribution in [3.05, 3.63) is 64.1 Å². The SMILES string of the molecule is C=CCn1c(SCC(=O)c2ccc(Cl)s2)nnc1C1COc2ccccc2O1. The highest BCUT2D eigenvalue weighted by Gasteiger charge is 2.28. The summed E-state index contributed by atoms with van der Waals surface area (Å²) in [6.07, 6.45) is 1.37. The standard InChI is InChI=1S/C19H16ClN3O3S2/c1-2-9-23-18(15-10-25-13-5-3-4-6-14(13)26-15)21-22-19(23)27-11-12(24)16-7-8-17(20)28-16/h2-8,15H,1,9-11H2. The maximum Gasteiger partial charge on any atom is 0.192 e. The Hall–Kier alpha value is -2.29. The van der Waals surface area contributed by atoms with Crippen LogP contribution in [0.25, 0.3) is 0 Å². The Morgan fingerprint density at radius 1 is 1.32 bits per heavy atom. The number of carbonyl (C=O) groups excluding carboxylic acids is 1. The van der Waals surface area contributed by atoms with Gasteiger partial charge >= 0.3 is 0 Å². The second kappa shape index (κ2) is 8.38. The largest absolute Gasteiger partial charge is 0.485 e. The number of para-hydroxylation sites is 2. The van der Waals surface area contributed by atoms with Gasteiger partial charge in [0.25, 0.3) is 0 Å². The third-order valence-corrected chi connectivity index (χ3v) is 6.27. The van der Waals surface area contributed by atoms with E-state index in [9.17, 15) is 4.79 Å². The summed E-state index contributed by atoms with van der Waals surface area (Å²) in [5, 5.41) is 9.18. The van der Waals surface area contributed by atoms with Crippen LogP contribution >= 0.6 is 34.7 Å². The second-order valence-electron chi connectivity index (χ2n) is 5.92. The van der Waals surface area contributed by atoms with Crippen LogP contribution in [0.4, 0.5) is 0 Å². The molecule has 1 unspecified atom stereocenters. The number of benzene rings is 1. The van der Waals surface area contributed by atoms with Gasteiger partial charge in [0.05, 0.1) is 15.0 Å². The third-order valence-electron chi connectivity index (χ3n) is 4.03. The lowest BCUT2D eigenvalue weighted by Crippen LogP contribution is -2.25. The number of hydrogen-bond acceptors (Lipinski definition) is 7. The molecule has 0 spiro atoms. The molecule has 144 valence electrons. The zero-order valence-corrected chi connectivity index (χ0v) is 17.1. The first kappa shape index (κ1) is 19.0. The molecule has 6 nitrogen and oxygen atoms in total. The van der Waals surface area contributed by atoms with Crippen molar-refractivity contribution >= 4 is 40.5 Å². The lowest BCUT2D eigenvalue weighted by Gasteiger charge is -2.26. The number of thioether (sulfide) groups is 1. The molecule has 3 aromatic rings. The van der Waals surface area contributed by atoms with E-state index in [-0.39, 0.29) is 17.6 Å². The first-order chi connectivity index (χ1) is 13.7. The fourth-order valence-corrected chi connectivity index (χ4v) is 4.67. The number of Topliss-reactive ketones (excluding diaryl/α,β-unsaturated/α-hetero) is 1. The van der Waals surface area contributed by atoms with Crippen molar-refractivity contribution in [3.8, 4) is 11.5 Å². The molecule has 0 bridgehead atoms. The van der Waals surface area contributed by atoms with E-state index in [0.717, 1.165) is 0 Å². The monoisotopic (exact) mass is 433 g/mol. The molecule has 28 heavy (non-hydrogen) atoms. The number of ketones is 1. The maximum atomic E-state index is 12.4. The van der Waals surface area contributed by atoms with Gasteiger partial charge in [0.15, 0.2) is 34.4 Å². The van der Waals surface area contributed by atoms with Crippen molar-refractivity contribution in [2.75, 3.05) is 12.4 Å². The van der Waals surface area contributed by atoms with Gasteiger partial charge in [0.1, 0.15) is 6.61 Å². The van der Waals surface area contributed by atoms with Gasteiger partial charge in [-0.05, 0) is 24.3 Å². The average molecular weight is 434 g/mol. The Labute approximate surface area is 175 Å². The minimum Gasteiger partial charge on any atom is -0.485 e. The zero-order chi connectivity index (χ0) is 19.5. The molecular formula is C19H16ClN3O3S2. The fraction of sp³-hybridized carbons (Fsp3) is 0.211. The molecule has 9 heteroatoms. The van der Waals surface area contributed by atoms with Crippen LogP contribution in [-0.4, -0.2) is 32.9 Å². The van der Waals surface area contributed by atoms with Gasteiger partial charge in [-0.2, -0.15) is 0 Å². The molecule has 0 amide bonds. The van der Waals surface area contributed by atoms with Crippen molar-refractivity contribution in [1.82, 2.24) is 14.8 Å². The van der Waals surface area contributed by atoms with Gasteiger partial charge in [-0.15, -0.1) is 28.1 Å². The van der Waals surface area contributed by atoms with E-state index in [1.165, 1.54) is 23.1 Å². The van der Waals surface area contributed by atoms with Crippen LogP contribution in [0.15, 0.2) is 54.2 Å². The van der Waals surface area contributed by atoms with E-state index < -0.39 is 0 Å². The first-order valence-electron chi connectivity index (χ1n) is 8.49. The van der Waals surface area contributed by atoms with E-state index >= 15 is 0 Å². The maximum absolute atomic E-state index is 12.4. The first-order valence-corrected chi connectivity index (χ1v) is 10.7. The number of rotatable bonds is 7. The van der Waals surface area contributed by atoms with Gasteiger partial charge in [-0.1, -0.05) is 41.6 Å². The number of fused-ring (bicyclic) bond motifs is 1. The quantitative estimate of drug-likeness (QED) is 0.306. The number of carbonyl (C=O) groups is 1. The third kappa shape index (κ3) is 3.94. The molecule has 3 heterocycles. The van der Waals surface area contributed by atoms with E-state index in [0.29, 0.717) is 44.8 Å². The molecule has 0 radical (unpaired) electrons. The van der Waals surface area contributed by atoms with Crippen LogP contribution < -0.4 is 9.47 Å². The van der Waals surface area contributed by atoms with Gasteiger partial charge in [0, 0.05) is 6.54 Å². The second-order valence-corrected chi connectivity index (χ2v) is 8.58. The molecule has 0 aliphatic carbocycles. The molecule has 4 rings (SSSR count). The van der Waals surface area contributed by atoms with Gasteiger partial charge < -0.3 is 9.47 Å². The normalized spacial score (nSPS) is 15.4. The van der Waals surface area contributed by atoms with E-state index in [1.807, 2.05) is 28.8 Å². The Morgan fingerprint density at radius 3 is 2.89 bits per heavy atom. The number of aromatic nitrogens is 3. The van der Waals surface area contributed by atoms with Crippen molar-refractivity contribution < 1.29 is 14.3 Å². The number of halogens is 1. The summed E-state index contributed by atoms with van der Waals surface area (Å²) in [5.74, 6) is 2.28. The molecule has 1 aliphatic rings. The summed E-state index contributed by atoms with van der Waals surface area (Å²) in [6, 6.07) is 11.0. The van der Waals surface area contributed by atoms with Crippen LogP contribution in [0.2, 0.25) is 4.34 Å². The predicted octanol–water partition coefficient (Wildman–Crippen LogP) is 4.67. The number of nitrogens with zero attached hydrogens (tertiary/aromatic N) is 3. The highest BCUT2D eigenvalue weighted by atomic mass is 35.5. The molecule has 1 atom stereocenters. The molecule has 1 aliphatic heterocycles. The molecule has 1 aromatic carbocycles. The summed E-state index contributed by atoms with van der Waals surface area (Å²) in [6.45, 7) is 4.65. The van der Waals surface area contributed by atoms with Crippen LogP contribution in [0.1, 0.15) is 21.6 Å². The summed E-state index contributed by atoms with van der Waals surface area (Å²) in [7, 11) is 0. The average Bonchev–Trinajstić information content (AvgIpc) is 3.32. The number of allylic oxidation sites excluding steroid dienone is 1. The minimum absolute atomic E-state index is 0.00257. The van der Waals surface area contributed by atoms with Crippen molar-refractivity contribution in [3.63, 3.8) is 0 Å². The van der Waals surface area contributed by atoms with Crippen LogP contribution in [0.5, 0.6) is 11.5 Å². The number of thiophene rings is 1. The smallest absolute Gasteiger partial charge is 0.192 e. The molecule has 0 saturated heterocycles. The highest BCUT2D eigenvalue weighted by molar-refractivity contribution is 7.99. The minimum atomic E-state index is -0.386. The summed E-state index contributed by atoms with van der Waals surface area (Å²) in [5.41, 5.74) is 0. The predicted molar refractivity (Wildman–Crippen MR) is 110 cm³/mol. The Balaban J connectivity index is 1.51. The highest BCUT2D eigenvalue weighted by Crippen LogP contribution is 2.36. The van der Waals surface area contributed by atoms with Gasteiger partial charge in [0.2, 0.25) is 0 Å². The Kier molecular flexibility index (Phi) is 5.70. The van der Waals surface area contributed by atoms with Crippen LogP contribution in [-0.2, 0) is 6.54 Å². The lowest BCUT2D eigenvalue weighted by atomic mass is 10.2. The molecule has 0 N–H and O–H groups in total. The van der Waals surface area contributed by atoms with Gasteiger partial charge in [-0.3, -0.25) is 9.36 Å². The van der Waals surface area contributed by atoms with E-state index in [2.05, 4.69) is 16.8 Å². The summed E-state index contributed by atoms with van der Waals surface area (Å²) in [4.78, 5) is 13.0. The summed E-state index contributed by atoms with van der Waals surface area (Å²) < 4.78 is 14.3. The molecular weight excluding hydrogens is 418 g/mol. The number of ether oxygens (including phenoxy) is 2. The van der Waals surface area contributed by atoms with Crippen molar-refractivity contribution in [2.45, 2.75) is 17.8 Å². The Bertz CT molecular complexity index is 1020. The number of hydrogen-bond donors (Lipinski definition) is 0. The fourth-order valence-electron chi connectivity index (χ4n) is 2.76. The van der Waals surface area contributed by atoms with Crippen molar-refractivity contribution in [2.24, 2.45) is 0 Å². The molecule has 0 fully saturated rings. The zero-order valence-electron chi connectivity index (χ0n) is 14.7.